The zero-order valence-electron chi connectivity index (χ0n) is 20.3. The Kier molecular flexibility index (Phi) is 7.24. The van der Waals surface area contributed by atoms with Crippen LogP contribution in [0.2, 0.25) is 5.02 Å². The van der Waals surface area contributed by atoms with Crippen molar-refractivity contribution in [3.05, 3.63) is 131 Å². The summed E-state index contributed by atoms with van der Waals surface area (Å²) in [6.07, 6.45) is 5.46. The third-order valence-corrected chi connectivity index (χ3v) is 8.95. The normalized spacial score (nSPS) is 14.4. The molecule has 0 aliphatic heterocycles. The summed E-state index contributed by atoms with van der Waals surface area (Å²) in [4.78, 5) is 17.5. The van der Waals surface area contributed by atoms with Crippen LogP contribution >= 0.6 is 11.6 Å². The SMILES string of the molecule is O=C(Cc1ccc(CN(Cc2cccnc2)S(=O)(=O)c2ccc(Cl)cc2)cc1)C1(c2ccccc2)CC1. The van der Waals surface area contributed by atoms with E-state index in [9.17, 15) is 13.2 Å². The van der Waals surface area contributed by atoms with E-state index in [1.165, 1.54) is 16.4 Å². The minimum atomic E-state index is -3.79. The first-order valence-electron chi connectivity index (χ1n) is 12.2. The summed E-state index contributed by atoms with van der Waals surface area (Å²) in [5.74, 6) is 0.231. The minimum absolute atomic E-state index is 0.179. The highest BCUT2D eigenvalue weighted by atomic mass is 35.5. The van der Waals surface area contributed by atoms with Gasteiger partial charge in [0.2, 0.25) is 10.0 Å². The first-order valence-corrected chi connectivity index (χ1v) is 14.0. The van der Waals surface area contributed by atoms with E-state index in [4.69, 9.17) is 11.6 Å². The molecule has 1 heterocycles. The average Bonchev–Trinajstić information content (AvgIpc) is 3.73. The Hall–Kier alpha value is -3.32. The molecule has 0 atom stereocenters. The van der Waals surface area contributed by atoms with Crippen molar-refractivity contribution in [2.45, 2.75) is 42.7 Å². The van der Waals surface area contributed by atoms with Gasteiger partial charge in [-0.3, -0.25) is 9.78 Å². The van der Waals surface area contributed by atoms with Crippen molar-refractivity contribution in [2.24, 2.45) is 0 Å². The zero-order chi connectivity index (χ0) is 25.9. The Balaban J connectivity index is 1.34. The van der Waals surface area contributed by atoms with Gasteiger partial charge in [0.05, 0.1) is 10.3 Å². The van der Waals surface area contributed by atoms with Gasteiger partial charge >= 0.3 is 0 Å². The minimum Gasteiger partial charge on any atom is -0.298 e. The van der Waals surface area contributed by atoms with Gasteiger partial charge in [-0.15, -0.1) is 0 Å². The number of nitrogens with zero attached hydrogens (tertiary/aromatic N) is 2. The van der Waals surface area contributed by atoms with E-state index in [0.717, 1.165) is 35.1 Å². The lowest BCUT2D eigenvalue weighted by atomic mass is 9.88. The largest absolute Gasteiger partial charge is 0.298 e. The van der Waals surface area contributed by atoms with Crippen LogP contribution in [-0.2, 0) is 39.7 Å². The highest BCUT2D eigenvalue weighted by Gasteiger charge is 2.50. The molecular formula is C30H27ClN2O3S. The van der Waals surface area contributed by atoms with Crippen LogP contribution in [0.15, 0.2) is 108 Å². The van der Waals surface area contributed by atoms with Crippen LogP contribution in [0.3, 0.4) is 0 Å². The molecule has 0 radical (unpaired) electrons. The molecular weight excluding hydrogens is 504 g/mol. The highest BCUT2D eigenvalue weighted by molar-refractivity contribution is 7.89. The van der Waals surface area contributed by atoms with Gasteiger partial charge in [0, 0.05) is 36.9 Å². The lowest BCUT2D eigenvalue weighted by Gasteiger charge is -2.23. The zero-order valence-corrected chi connectivity index (χ0v) is 21.8. The van der Waals surface area contributed by atoms with E-state index in [1.54, 1.807) is 30.6 Å². The molecule has 5 rings (SSSR count). The number of benzene rings is 3. The summed E-state index contributed by atoms with van der Waals surface area (Å²) in [6, 6.07) is 27.5. The quantitative estimate of drug-likeness (QED) is 0.253. The van der Waals surface area contributed by atoms with Crippen LogP contribution in [0, 0.1) is 0 Å². The third kappa shape index (κ3) is 5.67. The molecule has 1 fully saturated rings. The number of carbonyl (C=O) groups is 1. The number of pyridine rings is 1. The Labute approximate surface area is 222 Å². The average molecular weight is 531 g/mol. The fourth-order valence-corrected chi connectivity index (χ4v) is 6.15. The van der Waals surface area contributed by atoms with Gasteiger partial charge in [-0.2, -0.15) is 4.31 Å². The Bertz CT molecular complexity index is 1470. The molecule has 0 bridgehead atoms. The van der Waals surface area contributed by atoms with Gasteiger partial charge in [-0.05, 0) is 65.4 Å². The number of hydrogen-bond donors (Lipinski definition) is 0. The maximum absolute atomic E-state index is 13.5. The van der Waals surface area contributed by atoms with Crippen LogP contribution in [0.5, 0.6) is 0 Å². The number of rotatable bonds is 10. The summed E-state index contributed by atoms with van der Waals surface area (Å²) in [6.45, 7) is 0.362. The van der Waals surface area contributed by atoms with Gasteiger partial charge in [-0.1, -0.05) is 72.3 Å². The summed E-state index contributed by atoms with van der Waals surface area (Å²) in [5, 5.41) is 0.475. The maximum Gasteiger partial charge on any atom is 0.243 e. The van der Waals surface area contributed by atoms with E-state index in [0.29, 0.717) is 11.4 Å². The molecule has 1 aromatic heterocycles. The molecule has 0 amide bonds. The number of aromatic nitrogens is 1. The molecule has 0 saturated heterocycles. The van der Waals surface area contributed by atoms with Crippen LogP contribution in [0.4, 0.5) is 0 Å². The Morgan fingerprint density at radius 2 is 1.46 bits per heavy atom. The van der Waals surface area contributed by atoms with Crippen LogP contribution in [0.25, 0.3) is 0 Å². The number of ketones is 1. The molecule has 7 heteroatoms. The van der Waals surface area contributed by atoms with Gasteiger partial charge in [-0.25, -0.2) is 8.42 Å². The Morgan fingerprint density at radius 3 is 2.08 bits per heavy atom. The van der Waals surface area contributed by atoms with Crippen molar-refractivity contribution in [3.63, 3.8) is 0 Å². The summed E-state index contributed by atoms with van der Waals surface area (Å²) in [5.41, 5.74) is 3.29. The predicted molar refractivity (Wildman–Crippen MR) is 145 cm³/mol. The lowest BCUT2D eigenvalue weighted by molar-refractivity contribution is -0.120. The topological polar surface area (TPSA) is 67.3 Å². The molecule has 3 aromatic carbocycles. The van der Waals surface area contributed by atoms with E-state index < -0.39 is 10.0 Å². The maximum atomic E-state index is 13.5. The molecule has 1 saturated carbocycles. The number of carbonyl (C=O) groups excluding carboxylic acids is 1. The molecule has 5 nitrogen and oxygen atoms in total. The van der Waals surface area contributed by atoms with Crippen molar-refractivity contribution < 1.29 is 13.2 Å². The first kappa shape index (κ1) is 25.3. The van der Waals surface area contributed by atoms with Crippen molar-refractivity contribution >= 4 is 27.4 Å². The van der Waals surface area contributed by atoms with Crippen LogP contribution < -0.4 is 0 Å². The van der Waals surface area contributed by atoms with E-state index in [2.05, 4.69) is 4.98 Å². The fraction of sp³-hybridized carbons (Fsp3) is 0.200. The van der Waals surface area contributed by atoms with Gasteiger partial charge in [0.1, 0.15) is 5.78 Å². The van der Waals surface area contributed by atoms with E-state index in [-0.39, 0.29) is 29.2 Å². The van der Waals surface area contributed by atoms with Crippen molar-refractivity contribution in [2.75, 3.05) is 0 Å². The monoisotopic (exact) mass is 530 g/mol. The second kappa shape index (κ2) is 10.6. The number of Topliss-reactive ketones (excluding diaryl/α,β-unsaturated/α-hetero) is 1. The molecule has 0 unspecified atom stereocenters. The Morgan fingerprint density at radius 1 is 0.811 bits per heavy atom. The molecule has 1 aliphatic carbocycles. The number of halogens is 1. The second-order valence-corrected chi connectivity index (χ2v) is 11.8. The van der Waals surface area contributed by atoms with E-state index in [1.807, 2.05) is 60.7 Å². The van der Waals surface area contributed by atoms with Gasteiger partial charge < -0.3 is 0 Å². The molecule has 0 N–H and O–H groups in total. The van der Waals surface area contributed by atoms with Crippen molar-refractivity contribution in [3.8, 4) is 0 Å². The van der Waals surface area contributed by atoms with E-state index >= 15 is 0 Å². The molecule has 4 aromatic rings. The molecule has 188 valence electrons. The highest BCUT2D eigenvalue weighted by Crippen LogP contribution is 2.49. The predicted octanol–water partition coefficient (Wildman–Crippen LogP) is 5.97. The summed E-state index contributed by atoms with van der Waals surface area (Å²) < 4.78 is 28.5. The van der Waals surface area contributed by atoms with Gasteiger partial charge in [0.25, 0.3) is 0 Å². The van der Waals surface area contributed by atoms with Crippen LogP contribution in [0.1, 0.15) is 35.1 Å². The lowest BCUT2D eigenvalue weighted by Crippen LogP contribution is -2.30. The van der Waals surface area contributed by atoms with Crippen molar-refractivity contribution in [1.29, 1.82) is 0 Å². The van der Waals surface area contributed by atoms with Crippen LogP contribution in [-0.4, -0.2) is 23.5 Å². The summed E-state index contributed by atoms with van der Waals surface area (Å²) in [7, 11) is -3.79. The first-order chi connectivity index (χ1) is 17.9. The van der Waals surface area contributed by atoms with Crippen molar-refractivity contribution in [1.82, 2.24) is 9.29 Å². The number of sulfonamides is 1. The number of hydrogen-bond acceptors (Lipinski definition) is 4. The molecule has 37 heavy (non-hydrogen) atoms. The second-order valence-electron chi connectivity index (χ2n) is 9.45. The summed E-state index contributed by atoms with van der Waals surface area (Å²) >= 11 is 5.98. The standard InChI is InChI=1S/C30H27ClN2O3S/c31-27-12-14-28(15-13-27)37(35,36)33(22-25-5-4-18-32-20-25)21-24-10-8-23(9-11-24)19-29(34)30(16-17-30)26-6-2-1-3-7-26/h1-15,18,20H,16-17,19,21-22H2. The molecule has 0 spiro atoms. The van der Waals surface area contributed by atoms with Gasteiger partial charge in [0.15, 0.2) is 0 Å². The third-order valence-electron chi connectivity index (χ3n) is 6.89. The fourth-order valence-electron chi connectivity index (χ4n) is 4.61. The smallest absolute Gasteiger partial charge is 0.243 e. The molecule has 1 aliphatic rings.